The van der Waals surface area contributed by atoms with Crippen molar-refractivity contribution in [2.75, 3.05) is 19.7 Å². The van der Waals surface area contributed by atoms with E-state index >= 15 is 0 Å². The van der Waals surface area contributed by atoms with E-state index in [-0.39, 0.29) is 6.10 Å². The van der Waals surface area contributed by atoms with Crippen molar-refractivity contribution in [3.8, 4) is 5.75 Å². The van der Waals surface area contributed by atoms with Gasteiger partial charge in [0, 0.05) is 11.6 Å². The van der Waals surface area contributed by atoms with Crippen molar-refractivity contribution < 1.29 is 9.47 Å². The monoisotopic (exact) mass is 297 g/mol. The van der Waals surface area contributed by atoms with E-state index in [1.165, 1.54) is 0 Å². The highest BCUT2D eigenvalue weighted by molar-refractivity contribution is 6.30. The molecule has 0 spiro atoms. The topological polar surface area (TPSA) is 30.5 Å². The van der Waals surface area contributed by atoms with Gasteiger partial charge in [0.2, 0.25) is 0 Å². The number of rotatable bonds is 7. The summed E-state index contributed by atoms with van der Waals surface area (Å²) < 4.78 is 11.8. The van der Waals surface area contributed by atoms with Crippen LogP contribution in [-0.4, -0.2) is 31.9 Å². The molecule has 1 fully saturated rings. The summed E-state index contributed by atoms with van der Waals surface area (Å²) in [5.41, 5.74) is 1.11. The van der Waals surface area contributed by atoms with E-state index in [4.69, 9.17) is 21.1 Å². The van der Waals surface area contributed by atoms with E-state index in [1.54, 1.807) is 0 Å². The molecule has 1 aromatic carbocycles. The van der Waals surface area contributed by atoms with Crippen molar-refractivity contribution in [1.29, 1.82) is 0 Å². The molecule has 1 aliphatic heterocycles. The van der Waals surface area contributed by atoms with Crippen LogP contribution < -0.4 is 10.1 Å². The van der Waals surface area contributed by atoms with E-state index in [2.05, 4.69) is 12.2 Å². The Labute approximate surface area is 126 Å². The molecule has 1 saturated heterocycles. The Morgan fingerprint density at radius 3 is 2.95 bits per heavy atom. The number of ether oxygens (including phenoxy) is 2. The molecule has 1 aromatic rings. The van der Waals surface area contributed by atoms with E-state index in [0.29, 0.717) is 17.7 Å². The Bertz CT molecular complexity index is 425. The molecule has 3 nitrogen and oxygen atoms in total. The second-order valence-electron chi connectivity index (χ2n) is 5.38. The van der Waals surface area contributed by atoms with Gasteiger partial charge in [-0.3, -0.25) is 0 Å². The van der Waals surface area contributed by atoms with Crippen molar-refractivity contribution in [3.63, 3.8) is 0 Å². The van der Waals surface area contributed by atoms with Crippen LogP contribution >= 0.6 is 11.6 Å². The van der Waals surface area contributed by atoms with Gasteiger partial charge in [-0.15, -0.1) is 0 Å². The lowest BCUT2D eigenvalue weighted by atomic mass is 10.2. The predicted octanol–water partition coefficient (Wildman–Crippen LogP) is 3.57. The first-order valence-electron chi connectivity index (χ1n) is 7.44. The molecule has 2 rings (SSSR count). The average Bonchev–Trinajstić information content (AvgIpc) is 2.88. The zero-order valence-corrected chi connectivity index (χ0v) is 13.1. The molecule has 0 aliphatic carbocycles. The SMILES string of the molecule is CCCNCC1CCC(COc2cc(Cl)ccc2C)O1. The molecule has 4 heteroatoms. The van der Waals surface area contributed by atoms with Gasteiger partial charge in [0.1, 0.15) is 12.4 Å². The number of benzene rings is 1. The van der Waals surface area contributed by atoms with Crippen LogP contribution in [0.25, 0.3) is 0 Å². The molecule has 112 valence electrons. The van der Waals surface area contributed by atoms with Crippen LogP contribution in [0.2, 0.25) is 5.02 Å². The Balaban J connectivity index is 1.74. The normalized spacial score (nSPS) is 22.1. The lowest BCUT2D eigenvalue weighted by Gasteiger charge is -2.16. The molecule has 2 unspecified atom stereocenters. The standard InChI is InChI=1S/C16H24ClNO2/c1-3-8-18-10-14-6-7-15(20-14)11-19-16-9-13(17)5-4-12(16)2/h4-5,9,14-15,18H,3,6-8,10-11H2,1-2H3. The van der Waals surface area contributed by atoms with Crippen LogP contribution in [0.3, 0.4) is 0 Å². The Morgan fingerprint density at radius 1 is 1.35 bits per heavy atom. The molecular formula is C16H24ClNO2. The molecule has 0 aromatic heterocycles. The van der Waals surface area contributed by atoms with Crippen LogP contribution in [0.4, 0.5) is 0 Å². The third-order valence-corrected chi connectivity index (χ3v) is 3.80. The van der Waals surface area contributed by atoms with E-state index in [9.17, 15) is 0 Å². The zero-order chi connectivity index (χ0) is 14.4. The maximum Gasteiger partial charge on any atom is 0.123 e. The van der Waals surface area contributed by atoms with Gasteiger partial charge in [-0.05, 0) is 50.4 Å². The molecule has 2 atom stereocenters. The lowest BCUT2D eigenvalue weighted by Crippen LogP contribution is -2.28. The zero-order valence-electron chi connectivity index (χ0n) is 12.3. The van der Waals surface area contributed by atoms with Gasteiger partial charge in [-0.2, -0.15) is 0 Å². The van der Waals surface area contributed by atoms with Crippen LogP contribution in [0, 0.1) is 6.92 Å². The Morgan fingerprint density at radius 2 is 2.15 bits per heavy atom. The maximum atomic E-state index is 5.99. The highest BCUT2D eigenvalue weighted by Gasteiger charge is 2.25. The minimum Gasteiger partial charge on any atom is -0.491 e. The first-order valence-corrected chi connectivity index (χ1v) is 7.82. The Kier molecular flexibility index (Phi) is 6.14. The first-order chi connectivity index (χ1) is 9.69. The summed E-state index contributed by atoms with van der Waals surface area (Å²) in [4.78, 5) is 0. The molecule has 0 amide bonds. The maximum absolute atomic E-state index is 5.99. The summed E-state index contributed by atoms with van der Waals surface area (Å²) in [5.74, 6) is 0.855. The third kappa shape index (κ3) is 4.65. The molecule has 1 aliphatic rings. The number of halogens is 1. The summed E-state index contributed by atoms with van der Waals surface area (Å²) in [6.45, 7) is 6.81. The van der Waals surface area contributed by atoms with Gasteiger partial charge >= 0.3 is 0 Å². The van der Waals surface area contributed by atoms with Crippen molar-refractivity contribution in [2.45, 2.75) is 45.3 Å². The molecular weight excluding hydrogens is 274 g/mol. The van der Waals surface area contributed by atoms with Crippen LogP contribution in [-0.2, 0) is 4.74 Å². The van der Waals surface area contributed by atoms with Crippen molar-refractivity contribution in [3.05, 3.63) is 28.8 Å². The number of aryl methyl sites for hydroxylation is 1. The number of nitrogens with one attached hydrogen (secondary N) is 1. The summed E-state index contributed by atoms with van der Waals surface area (Å²) in [6, 6.07) is 5.72. The van der Waals surface area contributed by atoms with Crippen LogP contribution in [0.1, 0.15) is 31.7 Å². The van der Waals surface area contributed by atoms with Gasteiger partial charge in [-0.1, -0.05) is 24.6 Å². The summed E-state index contributed by atoms with van der Waals surface area (Å²) in [5, 5.41) is 4.11. The fraction of sp³-hybridized carbons (Fsp3) is 0.625. The lowest BCUT2D eigenvalue weighted by molar-refractivity contribution is 0.0185. The second-order valence-corrected chi connectivity index (χ2v) is 5.82. The quantitative estimate of drug-likeness (QED) is 0.781. The molecule has 20 heavy (non-hydrogen) atoms. The minimum absolute atomic E-state index is 0.196. The van der Waals surface area contributed by atoms with Crippen molar-refractivity contribution >= 4 is 11.6 Å². The highest BCUT2D eigenvalue weighted by Crippen LogP contribution is 2.25. The van der Waals surface area contributed by atoms with Gasteiger partial charge in [0.25, 0.3) is 0 Å². The van der Waals surface area contributed by atoms with Gasteiger partial charge in [0.05, 0.1) is 12.2 Å². The Hall–Kier alpha value is -0.770. The van der Waals surface area contributed by atoms with Crippen molar-refractivity contribution in [1.82, 2.24) is 5.32 Å². The van der Waals surface area contributed by atoms with Gasteiger partial charge in [-0.25, -0.2) is 0 Å². The molecule has 0 radical (unpaired) electrons. The van der Waals surface area contributed by atoms with Crippen LogP contribution in [0.5, 0.6) is 5.75 Å². The smallest absolute Gasteiger partial charge is 0.123 e. The fourth-order valence-corrected chi connectivity index (χ4v) is 2.57. The second kappa shape index (κ2) is 7.87. The molecule has 0 saturated carbocycles. The molecule has 1 heterocycles. The van der Waals surface area contributed by atoms with E-state index in [0.717, 1.165) is 43.7 Å². The van der Waals surface area contributed by atoms with Crippen molar-refractivity contribution in [2.24, 2.45) is 0 Å². The highest BCUT2D eigenvalue weighted by atomic mass is 35.5. The van der Waals surface area contributed by atoms with E-state index in [1.807, 2.05) is 25.1 Å². The molecule has 1 N–H and O–H groups in total. The third-order valence-electron chi connectivity index (χ3n) is 3.57. The molecule has 0 bridgehead atoms. The van der Waals surface area contributed by atoms with Crippen LogP contribution in [0.15, 0.2) is 18.2 Å². The number of hydrogen-bond acceptors (Lipinski definition) is 3. The van der Waals surface area contributed by atoms with Gasteiger partial charge in [0.15, 0.2) is 0 Å². The summed E-state index contributed by atoms with van der Waals surface area (Å²) in [6.07, 6.45) is 3.86. The van der Waals surface area contributed by atoms with E-state index < -0.39 is 0 Å². The van der Waals surface area contributed by atoms with Gasteiger partial charge < -0.3 is 14.8 Å². The average molecular weight is 298 g/mol. The fourth-order valence-electron chi connectivity index (χ4n) is 2.40. The summed E-state index contributed by atoms with van der Waals surface area (Å²) in [7, 11) is 0. The number of hydrogen-bond donors (Lipinski definition) is 1. The predicted molar refractivity (Wildman–Crippen MR) is 82.7 cm³/mol. The minimum atomic E-state index is 0.196. The largest absolute Gasteiger partial charge is 0.491 e. The summed E-state index contributed by atoms with van der Waals surface area (Å²) >= 11 is 5.99. The first kappa shape index (κ1) is 15.6.